The Morgan fingerprint density at radius 3 is 2.32 bits per heavy atom. The standard InChI is InChI=1S/C16H14O3/c1-12(17)19-11-13-6-5-9-15(10-13)16(18)14-7-3-2-4-8-14/h2-10H,11H2,1H3. The van der Waals surface area contributed by atoms with E-state index in [9.17, 15) is 9.59 Å². The van der Waals surface area contributed by atoms with Crippen LogP contribution in [0.15, 0.2) is 54.6 Å². The summed E-state index contributed by atoms with van der Waals surface area (Å²) in [6, 6.07) is 16.2. The van der Waals surface area contributed by atoms with E-state index in [4.69, 9.17) is 4.74 Å². The monoisotopic (exact) mass is 254 g/mol. The van der Waals surface area contributed by atoms with Crippen LogP contribution < -0.4 is 0 Å². The lowest BCUT2D eigenvalue weighted by Gasteiger charge is -2.05. The summed E-state index contributed by atoms with van der Waals surface area (Å²) in [6.45, 7) is 1.55. The topological polar surface area (TPSA) is 43.4 Å². The summed E-state index contributed by atoms with van der Waals surface area (Å²) in [7, 11) is 0. The molecule has 0 fully saturated rings. The third kappa shape index (κ3) is 3.52. The van der Waals surface area contributed by atoms with Crippen molar-refractivity contribution in [1.29, 1.82) is 0 Å². The second-order valence-corrected chi connectivity index (χ2v) is 4.18. The minimum atomic E-state index is -0.334. The largest absolute Gasteiger partial charge is 0.461 e. The molecule has 0 aromatic heterocycles. The number of carbonyl (C=O) groups is 2. The maximum Gasteiger partial charge on any atom is 0.302 e. The van der Waals surface area contributed by atoms with Gasteiger partial charge in [0.05, 0.1) is 0 Å². The number of hydrogen-bond donors (Lipinski definition) is 0. The van der Waals surface area contributed by atoms with E-state index in [2.05, 4.69) is 0 Å². The fourth-order valence-electron chi connectivity index (χ4n) is 1.74. The highest BCUT2D eigenvalue weighted by molar-refractivity contribution is 6.09. The molecule has 0 amide bonds. The van der Waals surface area contributed by atoms with Gasteiger partial charge in [-0.1, -0.05) is 48.5 Å². The van der Waals surface area contributed by atoms with Gasteiger partial charge in [0.1, 0.15) is 6.61 Å². The molecule has 3 nitrogen and oxygen atoms in total. The third-order valence-corrected chi connectivity index (χ3v) is 2.67. The lowest BCUT2D eigenvalue weighted by molar-refractivity contribution is -0.142. The van der Waals surface area contributed by atoms with Gasteiger partial charge in [0.15, 0.2) is 5.78 Å². The number of rotatable bonds is 4. The maximum atomic E-state index is 12.2. The molecular formula is C16H14O3. The molecule has 0 heterocycles. The van der Waals surface area contributed by atoms with Crippen LogP contribution in [0.4, 0.5) is 0 Å². The van der Waals surface area contributed by atoms with Crippen LogP contribution >= 0.6 is 0 Å². The van der Waals surface area contributed by atoms with Crippen LogP contribution in [0.3, 0.4) is 0 Å². The van der Waals surface area contributed by atoms with Crippen molar-refractivity contribution in [1.82, 2.24) is 0 Å². The van der Waals surface area contributed by atoms with E-state index in [1.807, 2.05) is 24.3 Å². The molecule has 0 spiro atoms. The predicted molar refractivity (Wildman–Crippen MR) is 71.8 cm³/mol. The van der Waals surface area contributed by atoms with E-state index < -0.39 is 0 Å². The predicted octanol–water partition coefficient (Wildman–Crippen LogP) is 2.98. The molecule has 2 aromatic rings. The number of carbonyl (C=O) groups excluding carboxylic acids is 2. The lowest BCUT2D eigenvalue weighted by atomic mass is 10.0. The van der Waals surface area contributed by atoms with Crippen molar-refractivity contribution >= 4 is 11.8 Å². The van der Waals surface area contributed by atoms with Crippen molar-refractivity contribution < 1.29 is 14.3 Å². The molecule has 2 aromatic carbocycles. The van der Waals surface area contributed by atoms with E-state index in [1.165, 1.54) is 6.92 Å². The summed E-state index contributed by atoms with van der Waals surface area (Å²) in [5.74, 6) is -0.370. The Morgan fingerprint density at radius 1 is 0.947 bits per heavy atom. The molecule has 2 rings (SSSR count). The Balaban J connectivity index is 2.19. The minimum absolute atomic E-state index is 0.0368. The second-order valence-electron chi connectivity index (χ2n) is 4.18. The molecule has 0 bridgehead atoms. The zero-order valence-corrected chi connectivity index (χ0v) is 10.6. The average Bonchev–Trinajstić information content (AvgIpc) is 2.45. The molecule has 96 valence electrons. The first-order chi connectivity index (χ1) is 9.16. The molecule has 19 heavy (non-hydrogen) atoms. The number of ether oxygens (including phenoxy) is 1. The molecule has 0 saturated carbocycles. The quantitative estimate of drug-likeness (QED) is 0.622. The fraction of sp³-hybridized carbons (Fsp3) is 0.125. The van der Waals surface area contributed by atoms with Crippen LogP contribution in [0.5, 0.6) is 0 Å². The Labute approximate surface area is 111 Å². The SMILES string of the molecule is CC(=O)OCc1cccc(C(=O)c2ccccc2)c1. The lowest BCUT2D eigenvalue weighted by Crippen LogP contribution is -2.03. The van der Waals surface area contributed by atoms with E-state index in [-0.39, 0.29) is 18.4 Å². The van der Waals surface area contributed by atoms with Gasteiger partial charge in [-0.3, -0.25) is 9.59 Å². The first kappa shape index (κ1) is 13.0. The average molecular weight is 254 g/mol. The van der Waals surface area contributed by atoms with Gasteiger partial charge in [-0.15, -0.1) is 0 Å². The summed E-state index contributed by atoms with van der Waals surface area (Å²) in [5.41, 5.74) is 2.04. The van der Waals surface area contributed by atoms with Crippen LogP contribution in [0, 0.1) is 0 Å². The Hall–Kier alpha value is -2.42. The highest BCUT2D eigenvalue weighted by Crippen LogP contribution is 2.12. The van der Waals surface area contributed by atoms with Gasteiger partial charge in [-0.25, -0.2) is 0 Å². The van der Waals surface area contributed by atoms with Crippen molar-refractivity contribution in [3.05, 3.63) is 71.3 Å². The van der Waals surface area contributed by atoms with Gasteiger partial charge < -0.3 is 4.74 Å². The molecular weight excluding hydrogens is 240 g/mol. The molecule has 0 aliphatic carbocycles. The zero-order valence-electron chi connectivity index (χ0n) is 10.6. The molecule has 0 aliphatic heterocycles. The summed E-state index contributed by atoms with van der Waals surface area (Å²) >= 11 is 0. The first-order valence-corrected chi connectivity index (χ1v) is 5.99. The summed E-state index contributed by atoms with van der Waals surface area (Å²) in [5, 5.41) is 0. The summed E-state index contributed by atoms with van der Waals surface area (Å²) in [6.07, 6.45) is 0. The van der Waals surface area contributed by atoms with Gasteiger partial charge in [0, 0.05) is 18.1 Å². The maximum absolute atomic E-state index is 12.2. The Morgan fingerprint density at radius 2 is 1.63 bits per heavy atom. The van der Waals surface area contributed by atoms with Crippen molar-refractivity contribution in [2.45, 2.75) is 13.5 Å². The minimum Gasteiger partial charge on any atom is -0.461 e. The molecule has 0 saturated heterocycles. The number of benzene rings is 2. The van der Waals surface area contributed by atoms with Gasteiger partial charge in [-0.2, -0.15) is 0 Å². The van der Waals surface area contributed by atoms with Crippen LogP contribution in [0.1, 0.15) is 28.4 Å². The molecule has 0 unspecified atom stereocenters. The van der Waals surface area contributed by atoms with E-state index in [0.29, 0.717) is 11.1 Å². The second kappa shape index (κ2) is 5.96. The normalized spacial score (nSPS) is 9.95. The number of esters is 1. The molecule has 0 atom stereocenters. The van der Waals surface area contributed by atoms with E-state index in [0.717, 1.165) is 5.56 Å². The summed E-state index contributed by atoms with van der Waals surface area (Å²) in [4.78, 5) is 23.0. The van der Waals surface area contributed by atoms with Crippen LogP contribution in [0.25, 0.3) is 0 Å². The van der Waals surface area contributed by atoms with Crippen LogP contribution in [-0.4, -0.2) is 11.8 Å². The molecule has 0 radical (unpaired) electrons. The van der Waals surface area contributed by atoms with Gasteiger partial charge in [-0.05, 0) is 11.6 Å². The van der Waals surface area contributed by atoms with Gasteiger partial charge in [0.25, 0.3) is 0 Å². The van der Waals surface area contributed by atoms with Crippen LogP contribution in [-0.2, 0) is 16.1 Å². The smallest absolute Gasteiger partial charge is 0.302 e. The Bertz CT molecular complexity index is 588. The fourth-order valence-corrected chi connectivity index (χ4v) is 1.74. The van der Waals surface area contributed by atoms with Crippen molar-refractivity contribution in [3.8, 4) is 0 Å². The molecule has 0 N–H and O–H groups in total. The Kier molecular flexibility index (Phi) is 4.08. The number of ketones is 1. The van der Waals surface area contributed by atoms with Crippen molar-refractivity contribution in [3.63, 3.8) is 0 Å². The number of hydrogen-bond acceptors (Lipinski definition) is 3. The van der Waals surface area contributed by atoms with E-state index in [1.54, 1.807) is 30.3 Å². The third-order valence-electron chi connectivity index (χ3n) is 2.67. The van der Waals surface area contributed by atoms with E-state index >= 15 is 0 Å². The van der Waals surface area contributed by atoms with Crippen molar-refractivity contribution in [2.24, 2.45) is 0 Å². The van der Waals surface area contributed by atoms with Crippen LogP contribution in [0.2, 0.25) is 0 Å². The molecule has 0 aliphatic rings. The highest BCUT2D eigenvalue weighted by Gasteiger charge is 2.09. The van der Waals surface area contributed by atoms with Gasteiger partial charge >= 0.3 is 5.97 Å². The summed E-state index contributed by atoms with van der Waals surface area (Å²) < 4.78 is 4.92. The van der Waals surface area contributed by atoms with Gasteiger partial charge in [0.2, 0.25) is 0 Å². The first-order valence-electron chi connectivity index (χ1n) is 5.99. The van der Waals surface area contributed by atoms with Crippen molar-refractivity contribution in [2.75, 3.05) is 0 Å². The highest BCUT2D eigenvalue weighted by atomic mass is 16.5. The molecule has 3 heteroatoms. The zero-order chi connectivity index (χ0) is 13.7.